The second kappa shape index (κ2) is 4.86. The zero-order chi connectivity index (χ0) is 15.5. The number of rotatable bonds is 0. The zero-order valence-electron chi connectivity index (χ0n) is 13.5. The number of aliphatic hydroxyl groups excluding tert-OH is 1. The van der Waals surface area contributed by atoms with Crippen LogP contribution in [0.15, 0.2) is 29.8 Å². The minimum Gasteiger partial charge on any atom is -0.508 e. The van der Waals surface area contributed by atoms with Crippen molar-refractivity contribution in [3.8, 4) is 5.75 Å². The third-order valence-electron chi connectivity index (χ3n) is 6.88. The van der Waals surface area contributed by atoms with Crippen molar-refractivity contribution in [3.63, 3.8) is 0 Å². The van der Waals surface area contributed by atoms with Crippen LogP contribution in [0.2, 0.25) is 0 Å². The topological polar surface area (TPSA) is 40.5 Å². The summed E-state index contributed by atoms with van der Waals surface area (Å²) in [6.07, 6.45) is 7.59. The fourth-order valence-corrected chi connectivity index (χ4v) is 5.97. The van der Waals surface area contributed by atoms with E-state index in [2.05, 4.69) is 26.0 Å². The summed E-state index contributed by atoms with van der Waals surface area (Å²) in [5, 5.41) is 20.7. The highest BCUT2D eigenvalue weighted by Gasteiger charge is 2.55. The number of allylic oxidation sites excluding steroid dienone is 2. The van der Waals surface area contributed by atoms with Crippen LogP contribution in [-0.4, -0.2) is 16.3 Å². The van der Waals surface area contributed by atoms with E-state index in [-0.39, 0.29) is 17.4 Å². The molecule has 0 aliphatic heterocycles. The minimum atomic E-state index is -0.261. The lowest BCUT2D eigenvalue weighted by Gasteiger charge is -2.51. The van der Waals surface area contributed by atoms with Gasteiger partial charge in [-0.15, -0.1) is 0 Å². The van der Waals surface area contributed by atoms with Gasteiger partial charge in [0, 0.05) is 5.92 Å². The first-order chi connectivity index (χ1) is 10.5. The van der Waals surface area contributed by atoms with Crippen molar-refractivity contribution in [1.29, 1.82) is 0 Å². The van der Waals surface area contributed by atoms with Gasteiger partial charge in [0.2, 0.25) is 0 Å². The number of phenolic OH excluding ortho intramolecular Hbond substituents is 1. The molecule has 0 spiro atoms. The molecule has 3 aliphatic rings. The van der Waals surface area contributed by atoms with E-state index in [4.69, 9.17) is 0 Å². The molecule has 0 heterocycles. The van der Waals surface area contributed by atoms with E-state index in [1.54, 1.807) is 11.6 Å². The number of benzene rings is 1. The van der Waals surface area contributed by atoms with Crippen LogP contribution in [-0.2, 0) is 6.42 Å². The highest BCUT2D eigenvalue weighted by molar-refractivity contribution is 5.41. The number of aromatic hydroxyl groups is 1. The van der Waals surface area contributed by atoms with E-state index in [9.17, 15) is 10.2 Å². The number of fused-ring (bicyclic) bond motifs is 5. The van der Waals surface area contributed by atoms with Crippen LogP contribution in [0.4, 0.5) is 0 Å². The normalized spacial score (nSPS) is 41.9. The molecule has 2 nitrogen and oxygen atoms in total. The van der Waals surface area contributed by atoms with Crippen LogP contribution >= 0.6 is 0 Å². The maximum atomic E-state index is 11.0. The molecule has 0 aromatic heterocycles. The van der Waals surface area contributed by atoms with Gasteiger partial charge in [0.15, 0.2) is 0 Å². The van der Waals surface area contributed by atoms with Gasteiger partial charge in [0.25, 0.3) is 0 Å². The third kappa shape index (κ3) is 1.83. The van der Waals surface area contributed by atoms with E-state index in [0.717, 1.165) is 19.3 Å². The Kier molecular flexibility index (Phi) is 3.16. The van der Waals surface area contributed by atoms with Gasteiger partial charge >= 0.3 is 0 Å². The fourth-order valence-electron chi connectivity index (χ4n) is 5.97. The largest absolute Gasteiger partial charge is 0.508 e. The SMILES string of the molecule is C/C=C1/CC[C@H]2[C@@H]3CCc4cc(O)ccc4[C@H]3[C@H](O)C[C@]12C. The second-order valence-electron chi connectivity index (χ2n) is 7.76. The average molecular weight is 298 g/mol. The Morgan fingerprint density at radius 1 is 1.23 bits per heavy atom. The van der Waals surface area contributed by atoms with Crippen molar-refractivity contribution >= 4 is 0 Å². The van der Waals surface area contributed by atoms with Crippen LogP contribution < -0.4 is 0 Å². The van der Waals surface area contributed by atoms with Crippen LogP contribution in [0, 0.1) is 17.3 Å². The van der Waals surface area contributed by atoms with Crippen LogP contribution in [0.5, 0.6) is 5.75 Å². The van der Waals surface area contributed by atoms with Gasteiger partial charge in [-0.05, 0) is 79.5 Å². The molecule has 1 aromatic carbocycles. The average Bonchev–Trinajstić information content (AvgIpc) is 2.82. The molecule has 118 valence electrons. The Hall–Kier alpha value is -1.28. The van der Waals surface area contributed by atoms with Gasteiger partial charge in [0.1, 0.15) is 5.75 Å². The number of hydrogen-bond acceptors (Lipinski definition) is 2. The van der Waals surface area contributed by atoms with Crippen molar-refractivity contribution in [2.24, 2.45) is 17.3 Å². The molecule has 0 bridgehead atoms. The molecule has 0 radical (unpaired) electrons. The van der Waals surface area contributed by atoms with E-state index in [1.165, 1.54) is 24.0 Å². The molecule has 2 saturated carbocycles. The van der Waals surface area contributed by atoms with Gasteiger partial charge in [-0.2, -0.15) is 0 Å². The molecular weight excluding hydrogens is 272 g/mol. The second-order valence-corrected chi connectivity index (χ2v) is 7.76. The maximum absolute atomic E-state index is 11.0. The Morgan fingerprint density at radius 3 is 2.82 bits per heavy atom. The smallest absolute Gasteiger partial charge is 0.115 e. The molecule has 4 rings (SSSR count). The summed E-state index contributed by atoms with van der Waals surface area (Å²) < 4.78 is 0. The molecule has 1 aromatic rings. The molecular formula is C20H26O2. The summed E-state index contributed by atoms with van der Waals surface area (Å²) in [6, 6.07) is 5.74. The Morgan fingerprint density at radius 2 is 2.05 bits per heavy atom. The molecule has 2 N–H and O–H groups in total. The van der Waals surface area contributed by atoms with Crippen LogP contribution in [0.1, 0.15) is 56.6 Å². The summed E-state index contributed by atoms with van der Waals surface area (Å²) in [5.74, 6) is 1.90. The molecule has 0 amide bonds. The van der Waals surface area contributed by atoms with Gasteiger partial charge in [-0.3, -0.25) is 0 Å². The Balaban J connectivity index is 1.77. The highest BCUT2D eigenvalue weighted by atomic mass is 16.3. The lowest BCUT2D eigenvalue weighted by molar-refractivity contribution is -0.0240. The molecule has 3 aliphatic carbocycles. The first-order valence-corrected chi connectivity index (χ1v) is 8.70. The third-order valence-corrected chi connectivity index (χ3v) is 6.88. The number of phenols is 1. The van der Waals surface area contributed by atoms with Crippen molar-refractivity contribution in [1.82, 2.24) is 0 Å². The van der Waals surface area contributed by atoms with E-state index >= 15 is 0 Å². The zero-order valence-corrected chi connectivity index (χ0v) is 13.5. The van der Waals surface area contributed by atoms with E-state index < -0.39 is 0 Å². The molecule has 2 fully saturated rings. The number of hydrogen-bond donors (Lipinski definition) is 2. The number of aliphatic hydroxyl groups is 1. The quantitative estimate of drug-likeness (QED) is 0.706. The van der Waals surface area contributed by atoms with Crippen molar-refractivity contribution < 1.29 is 10.2 Å². The first kappa shape index (κ1) is 14.3. The monoisotopic (exact) mass is 298 g/mol. The van der Waals surface area contributed by atoms with Gasteiger partial charge in [-0.1, -0.05) is 24.6 Å². The minimum absolute atomic E-state index is 0.198. The predicted molar refractivity (Wildman–Crippen MR) is 87.9 cm³/mol. The van der Waals surface area contributed by atoms with Crippen LogP contribution in [0.3, 0.4) is 0 Å². The number of aryl methyl sites for hydroxylation is 1. The van der Waals surface area contributed by atoms with Gasteiger partial charge in [-0.25, -0.2) is 0 Å². The first-order valence-electron chi connectivity index (χ1n) is 8.70. The molecule has 2 heteroatoms. The molecule has 0 unspecified atom stereocenters. The summed E-state index contributed by atoms with van der Waals surface area (Å²) in [6.45, 7) is 4.53. The summed E-state index contributed by atoms with van der Waals surface area (Å²) in [7, 11) is 0. The fraction of sp³-hybridized carbons (Fsp3) is 0.600. The Labute approximate surface area is 132 Å². The van der Waals surface area contributed by atoms with Crippen molar-refractivity contribution in [3.05, 3.63) is 41.0 Å². The van der Waals surface area contributed by atoms with Gasteiger partial charge in [0.05, 0.1) is 6.10 Å². The lowest BCUT2D eigenvalue weighted by Crippen LogP contribution is -2.47. The summed E-state index contributed by atoms with van der Waals surface area (Å²) >= 11 is 0. The summed E-state index contributed by atoms with van der Waals surface area (Å²) in [4.78, 5) is 0. The highest BCUT2D eigenvalue weighted by Crippen LogP contribution is 2.62. The van der Waals surface area contributed by atoms with Gasteiger partial charge < -0.3 is 10.2 Å². The standard InChI is InChI=1S/C20H26O2/c1-3-13-5-9-17-16-7-4-12-10-14(21)6-8-15(12)19(16)18(22)11-20(13,17)2/h3,6,8,10,16-19,21-22H,4-5,7,9,11H2,1-2H3/b13-3-/t16-,17-,18+,19+,20+/m0/s1. The molecule has 5 atom stereocenters. The molecule has 22 heavy (non-hydrogen) atoms. The molecule has 0 saturated heterocycles. The predicted octanol–water partition coefficient (Wildman–Crippen LogP) is 4.17. The summed E-state index contributed by atoms with van der Waals surface area (Å²) in [5.41, 5.74) is 4.29. The van der Waals surface area contributed by atoms with E-state index in [1.807, 2.05) is 6.07 Å². The lowest BCUT2D eigenvalue weighted by atomic mass is 9.54. The Bertz CT molecular complexity index is 633. The van der Waals surface area contributed by atoms with Crippen LogP contribution in [0.25, 0.3) is 0 Å². The maximum Gasteiger partial charge on any atom is 0.115 e. The van der Waals surface area contributed by atoms with Crippen molar-refractivity contribution in [2.75, 3.05) is 0 Å². The van der Waals surface area contributed by atoms with E-state index in [0.29, 0.717) is 17.6 Å². The van der Waals surface area contributed by atoms with Crippen molar-refractivity contribution in [2.45, 2.75) is 58.0 Å².